The molecule has 2 aromatic carbocycles. The second-order valence-corrected chi connectivity index (χ2v) is 7.29. The van der Waals surface area contributed by atoms with E-state index in [1.807, 2.05) is 65.6 Å². The van der Waals surface area contributed by atoms with E-state index in [0.717, 1.165) is 38.0 Å². The summed E-state index contributed by atoms with van der Waals surface area (Å²) in [5.74, 6) is 1.28. The molecule has 1 N–H and O–H groups in total. The van der Waals surface area contributed by atoms with Crippen molar-refractivity contribution in [3.05, 3.63) is 60.7 Å². The number of para-hydroxylation sites is 2. The summed E-state index contributed by atoms with van der Waals surface area (Å²) in [6.45, 7) is 3.26. The van der Waals surface area contributed by atoms with E-state index in [1.165, 1.54) is 0 Å². The van der Waals surface area contributed by atoms with Crippen molar-refractivity contribution in [2.24, 2.45) is 5.92 Å². The van der Waals surface area contributed by atoms with E-state index in [4.69, 9.17) is 4.74 Å². The van der Waals surface area contributed by atoms with Gasteiger partial charge in [0.2, 0.25) is 5.91 Å². The molecule has 1 fully saturated rings. The fourth-order valence-electron chi connectivity index (χ4n) is 3.53. The van der Waals surface area contributed by atoms with Gasteiger partial charge in [0.25, 0.3) is 5.91 Å². The first kappa shape index (κ1) is 19.9. The summed E-state index contributed by atoms with van der Waals surface area (Å²) in [5.41, 5.74) is 0.834. The lowest BCUT2D eigenvalue weighted by molar-refractivity contribution is -0.139. The summed E-state index contributed by atoms with van der Waals surface area (Å²) < 4.78 is 5.75. The molecular weight excluding hydrogens is 352 g/mol. The van der Waals surface area contributed by atoms with Crippen LogP contribution < -0.4 is 10.1 Å². The van der Waals surface area contributed by atoms with Crippen molar-refractivity contribution in [1.82, 2.24) is 4.90 Å². The highest BCUT2D eigenvalue weighted by molar-refractivity contribution is 5.90. The van der Waals surface area contributed by atoms with Crippen molar-refractivity contribution in [2.75, 3.05) is 18.4 Å². The van der Waals surface area contributed by atoms with Crippen molar-refractivity contribution in [2.45, 2.75) is 38.7 Å². The molecule has 0 radical (unpaired) electrons. The van der Waals surface area contributed by atoms with Gasteiger partial charge in [0.05, 0.1) is 0 Å². The SMILES string of the molecule is CC(Oc1ccccc1)C(=O)N1CCC(CCC(=O)Nc2ccccc2)CC1. The van der Waals surface area contributed by atoms with Gasteiger partial charge < -0.3 is 15.0 Å². The van der Waals surface area contributed by atoms with Gasteiger partial charge >= 0.3 is 0 Å². The van der Waals surface area contributed by atoms with Crippen molar-refractivity contribution >= 4 is 17.5 Å². The van der Waals surface area contributed by atoms with Crippen LogP contribution in [0.1, 0.15) is 32.6 Å². The highest BCUT2D eigenvalue weighted by Gasteiger charge is 2.27. The Hall–Kier alpha value is -2.82. The predicted octanol–water partition coefficient (Wildman–Crippen LogP) is 4.11. The molecule has 3 rings (SSSR count). The fourth-order valence-corrected chi connectivity index (χ4v) is 3.53. The number of nitrogens with zero attached hydrogens (tertiary/aromatic N) is 1. The van der Waals surface area contributed by atoms with Crippen LogP contribution in [-0.4, -0.2) is 35.9 Å². The van der Waals surface area contributed by atoms with E-state index in [2.05, 4.69) is 5.32 Å². The maximum absolute atomic E-state index is 12.6. The van der Waals surface area contributed by atoms with Crippen LogP contribution in [0.2, 0.25) is 0 Å². The molecule has 5 nitrogen and oxygen atoms in total. The third-order valence-electron chi connectivity index (χ3n) is 5.17. The molecule has 1 aliphatic heterocycles. The number of amides is 2. The highest BCUT2D eigenvalue weighted by atomic mass is 16.5. The molecule has 1 heterocycles. The minimum absolute atomic E-state index is 0.0316. The predicted molar refractivity (Wildman–Crippen MR) is 110 cm³/mol. The van der Waals surface area contributed by atoms with Crippen LogP contribution in [0.4, 0.5) is 5.69 Å². The number of ether oxygens (including phenoxy) is 1. The second kappa shape index (κ2) is 9.93. The minimum atomic E-state index is -0.490. The summed E-state index contributed by atoms with van der Waals surface area (Å²) in [6.07, 6.45) is 2.75. The summed E-state index contributed by atoms with van der Waals surface area (Å²) in [5, 5.41) is 2.93. The van der Waals surface area contributed by atoms with Gasteiger partial charge in [-0.05, 0) is 56.4 Å². The van der Waals surface area contributed by atoms with Gasteiger partial charge in [-0.25, -0.2) is 0 Å². The third-order valence-corrected chi connectivity index (χ3v) is 5.17. The zero-order chi connectivity index (χ0) is 19.8. The fraction of sp³-hybridized carbons (Fsp3) is 0.391. The van der Waals surface area contributed by atoms with Gasteiger partial charge in [0.1, 0.15) is 5.75 Å². The van der Waals surface area contributed by atoms with Crippen LogP contribution in [0.5, 0.6) is 5.75 Å². The zero-order valence-electron chi connectivity index (χ0n) is 16.3. The number of nitrogens with one attached hydrogen (secondary N) is 1. The summed E-state index contributed by atoms with van der Waals surface area (Å²) >= 11 is 0. The van der Waals surface area contributed by atoms with Crippen molar-refractivity contribution < 1.29 is 14.3 Å². The van der Waals surface area contributed by atoms with Gasteiger partial charge in [-0.1, -0.05) is 36.4 Å². The Balaban J connectivity index is 1.38. The number of rotatable bonds is 7. The number of hydrogen-bond donors (Lipinski definition) is 1. The molecule has 2 amide bonds. The molecule has 0 aliphatic carbocycles. The third kappa shape index (κ3) is 5.84. The molecule has 1 unspecified atom stereocenters. The molecule has 148 valence electrons. The average Bonchev–Trinajstić information content (AvgIpc) is 2.73. The second-order valence-electron chi connectivity index (χ2n) is 7.29. The lowest BCUT2D eigenvalue weighted by Gasteiger charge is -2.33. The van der Waals surface area contributed by atoms with E-state index >= 15 is 0 Å². The number of carbonyl (C=O) groups excluding carboxylic acids is 2. The standard InChI is InChI=1S/C23H28N2O3/c1-18(28-21-10-6-3-7-11-21)23(27)25-16-14-19(15-17-25)12-13-22(26)24-20-8-4-2-5-9-20/h2-11,18-19H,12-17H2,1H3,(H,24,26). The summed E-state index contributed by atoms with van der Waals surface area (Å²) in [6, 6.07) is 18.9. The Morgan fingerprint density at radius 3 is 2.29 bits per heavy atom. The molecule has 0 aromatic heterocycles. The largest absolute Gasteiger partial charge is 0.481 e. The number of hydrogen-bond acceptors (Lipinski definition) is 3. The molecule has 1 saturated heterocycles. The van der Waals surface area contributed by atoms with E-state index in [9.17, 15) is 9.59 Å². The lowest BCUT2D eigenvalue weighted by Crippen LogP contribution is -2.44. The Labute approximate surface area is 166 Å². The molecule has 2 aromatic rings. The smallest absolute Gasteiger partial charge is 0.263 e. The van der Waals surface area contributed by atoms with Crippen molar-refractivity contribution in [3.63, 3.8) is 0 Å². The Morgan fingerprint density at radius 1 is 1.04 bits per heavy atom. The first-order valence-electron chi connectivity index (χ1n) is 9.97. The van der Waals surface area contributed by atoms with Gasteiger partial charge in [-0.2, -0.15) is 0 Å². The van der Waals surface area contributed by atoms with E-state index in [-0.39, 0.29) is 11.8 Å². The molecule has 28 heavy (non-hydrogen) atoms. The van der Waals surface area contributed by atoms with E-state index in [1.54, 1.807) is 6.92 Å². The normalized spacial score (nSPS) is 15.7. The van der Waals surface area contributed by atoms with Crippen LogP contribution in [0, 0.1) is 5.92 Å². The van der Waals surface area contributed by atoms with Crippen LogP contribution in [0.15, 0.2) is 60.7 Å². The number of anilines is 1. The highest BCUT2D eigenvalue weighted by Crippen LogP contribution is 2.23. The first-order valence-corrected chi connectivity index (χ1v) is 9.97. The van der Waals surface area contributed by atoms with Crippen LogP contribution in [-0.2, 0) is 9.59 Å². The maximum Gasteiger partial charge on any atom is 0.263 e. The van der Waals surface area contributed by atoms with Gasteiger partial charge in [-0.3, -0.25) is 9.59 Å². The molecule has 0 spiro atoms. The monoisotopic (exact) mass is 380 g/mol. The topological polar surface area (TPSA) is 58.6 Å². The van der Waals surface area contributed by atoms with Crippen LogP contribution in [0.25, 0.3) is 0 Å². The molecule has 1 aliphatic rings. The van der Waals surface area contributed by atoms with E-state index in [0.29, 0.717) is 18.1 Å². The van der Waals surface area contributed by atoms with Crippen molar-refractivity contribution in [1.29, 1.82) is 0 Å². The number of benzene rings is 2. The molecule has 0 bridgehead atoms. The first-order chi connectivity index (χ1) is 13.6. The Morgan fingerprint density at radius 2 is 1.64 bits per heavy atom. The Bertz CT molecular complexity index is 756. The Kier molecular flexibility index (Phi) is 7.06. The molecular formula is C23H28N2O3. The van der Waals surface area contributed by atoms with Crippen molar-refractivity contribution in [3.8, 4) is 5.75 Å². The maximum atomic E-state index is 12.6. The van der Waals surface area contributed by atoms with Crippen LogP contribution >= 0.6 is 0 Å². The lowest BCUT2D eigenvalue weighted by atomic mass is 9.92. The van der Waals surface area contributed by atoms with Crippen LogP contribution in [0.3, 0.4) is 0 Å². The van der Waals surface area contributed by atoms with Gasteiger partial charge in [-0.15, -0.1) is 0 Å². The van der Waals surface area contributed by atoms with Gasteiger partial charge in [0.15, 0.2) is 6.10 Å². The number of piperidine rings is 1. The summed E-state index contributed by atoms with van der Waals surface area (Å²) in [4.78, 5) is 26.6. The molecule has 1 atom stereocenters. The average molecular weight is 380 g/mol. The number of likely N-dealkylation sites (tertiary alicyclic amines) is 1. The molecule has 0 saturated carbocycles. The minimum Gasteiger partial charge on any atom is -0.481 e. The summed E-state index contributed by atoms with van der Waals surface area (Å²) in [7, 11) is 0. The van der Waals surface area contributed by atoms with Gasteiger partial charge in [0, 0.05) is 25.2 Å². The number of carbonyl (C=O) groups is 2. The quantitative estimate of drug-likeness (QED) is 0.786. The zero-order valence-corrected chi connectivity index (χ0v) is 16.3. The van der Waals surface area contributed by atoms with E-state index < -0.39 is 6.10 Å². The molecule has 5 heteroatoms.